The third kappa shape index (κ3) is 2.09. The molecule has 26 heavy (non-hydrogen) atoms. The fourth-order valence-electron chi connectivity index (χ4n) is 5.17. The first-order valence-electron chi connectivity index (χ1n) is 9.31. The Kier molecular flexibility index (Phi) is 3.71. The van der Waals surface area contributed by atoms with Gasteiger partial charge in [0.15, 0.2) is 17.8 Å². The largest absolute Gasteiger partial charge is 0.501 e. The summed E-state index contributed by atoms with van der Waals surface area (Å²) >= 11 is 0. The van der Waals surface area contributed by atoms with Crippen LogP contribution in [-0.2, 0) is 19.6 Å². The van der Waals surface area contributed by atoms with Crippen LogP contribution < -0.4 is 9.47 Å². The molecule has 0 radical (unpaired) electrons. The lowest BCUT2D eigenvalue weighted by atomic mass is 9.64. The molecule has 3 aliphatic heterocycles. The number of likely N-dealkylation sites (tertiary alicyclic amines) is 1. The highest BCUT2D eigenvalue weighted by molar-refractivity contribution is 5.55. The van der Waals surface area contributed by atoms with E-state index in [1.807, 2.05) is 13.0 Å². The fraction of sp³-hybridized carbons (Fsp3) is 0.600. The number of hydrogen-bond donors (Lipinski definition) is 0. The Bertz CT molecular complexity index is 763. The molecular weight excluding hydrogens is 334 g/mol. The number of rotatable bonds is 3. The maximum absolute atomic E-state index is 6.51. The van der Waals surface area contributed by atoms with Crippen molar-refractivity contribution in [3.63, 3.8) is 0 Å². The molecule has 1 saturated heterocycles. The molecule has 1 aromatic rings. The van der Waals surface area contributed by atoms with E-state index in [2.05, 4.69) is 24.1 Å². The quantitative estimate of drug-likeness (QED) is 0.827. The average Bonchev–Trinajstić information content (AvgIpc) is 3.22. The number of fused-ring (bicyclic) bond motifs is 2. The minimum atomic E-state index is -0.361. The highest BCUT2D eigenvalue weighted by Crippen LogP contribution is 2.56. The highest BCUT2D eigenvalue weighted by Gasteiger charge is 2.60. The van der Waals surface area contributed by atoms with E-state index in [-0.39, 0.29) is 24.6 Å². The van der Waals surface area contributed by atoms with Crippen LogP contribution >= 0.6 is 0 Å². The van der Waals surface area contributed by atoms with E-state index in [1.54, 1.807) is 7.11 Å². The van der Waals surface area contributed by atoms with Crippen LogP contribution in [-0.4, -0.2) is 51.1 Å². The van der Waals surface area contributed by atoms with Crippen LogP contribution in [0.25, 0.3) is 0 Å². The molecule has 4 unspecified atom stereocenters. The summed E-state index contributed by atoms with van der Waals surface area (Å²) in [5.74, 6) is 2.66. The third-order valence-electron chi connectivity index (χ3n) is 6.39. The molecule has 0 N–H and O–H groups in total. The van der Waals surface area contributed by atoms with Gasteiger partial charge in [0.25, 0.3) is 0 Å². The minimum absolute atomic E-state index is 0.0802. The third-order valence-corrected chi connectivity index (χ3v) is 6.39. The Hall–Kier alpha value is -1.76. The Labute approximate surface area is 153 Å². The van der Waals surface area contributed by atoms with Gasteiger partial charge >= 0.3 is 0 Å². The molecule has 4 atom stereocenters. The van der Waals surface area contributed by atoms with Crippen molar-refractivity contribution >= 4 is 0 Å². The lowest BCUT2D eigenvalue weighted by Crippen LogP contribution is -2.52. The fourth-order valence-corrected chi connectivity index (χ4v) is 5.17. The second kappa shape index (κ2) is 5.87. The van der Waals surface area contributed by atoms with Crippen molar-refractivity contribution in [2.24, 2.45) is 0 Å². The van der Waals surface area contributed by atoms with Crippen LogP contribution in [0.4, 0.5) is 0 Å². The average molecular weight is 359 g/mol. The summed E-state index contributed by atoms with van der Waals surface area (Å²) < 4.78 is 29.3. The topological polar surface area (TPSA) is 49.4 Å². The molecule has 0 bridgehead atoms. The van der Waals surface area contributed by atoms with Gasteiger partial charge in [-0.25, -0.2) is 0 Å². The predicted octanol–water partition coefficient (Wildman–Crippen LogP) is 2.73. The number of methoxy groups -OCH3 is 1. The summed E-state index contributed by atoms with van der Waals surface area (Å²) in [6.07, 6.45) is 3.72. The van der Waals surface area contributed by atoms with Gasteiger partial charge in [-0.1, -0.05) is 0 Å². The second-order valence-corrected chi connectivity index (χ2v) is 7.48. The predicted molar refractivity (Wildman–Crippen MR) is 94.2 cm³/mol. The van der Waals surface area contributed by atoms with Crippen molar-refractivity contribution in [3.05, 3.63) is 35.1 Å². The zero-order valence-corrected chi connectivity index (χ0v) is 15.5. The Morgan fingerprint density at radius 3 is 2.85 bits per heavy atom. The molecule has 0 saturated carbocycles. The molecule has 1 spiro atoms. The van der Waals surface area contributed by atoms with Crippen LogP contribution in [0.3, 0.4) is 0 Å². The van der Waals surface area contributed by atoms with Crippen molar-refractivity contribution in [2.45, 2.75) is 43.6 Å². The summed E-state index contributed by atoms with van der Waals surface area (Å²) in [5, 5.41) is 0. The first-order valence-corrected chi connectivity index (χ1v) is 9.31. The normalized spacial score (nSPS) is 34.7. The summed E-state index contributed by atoms with van der Waals surface area (Å²) in [6.45, 7) is 3.75. The SMILES string of the molecule is CCOC1OC2CN(C)C3CC(OC)=CCC23c2cc3c(cc21)OCO3. The van der Waals surface area contributed by atoms with Crippen LogP contribution in [0.2, 0.25) is 0 Å². The number of benzene rings is 1. The molecular formula is C20H25NO5. The Balaban J connectivity index is 1.69. The van der Waals surface area contributed by atoms with Crippen molar-refractivity contribution < 1.29 is 23.7 Å². The number of nitrogens with zero attached hydrogens (tertiary/aromatic N) is 1. The Morgan fingerprint density at radius 1 is 1.27 bits per heavy atom. The second-order valence-electron chi connectivity index (χ2n) is 7.48. The molecule has 0 aromatic heterocycles. The van der Waals surface area contributed by atoms with E-state index < -0.39 is 0 Å². The smallest absolute Gasteiger partial charge is 0.231 e. The van der Waals surface area contributed by atoms with Gasteiger partial charge in [-0.05, 0) is 44.2 Å². The van der Waals surface area contributed by atoms with E-state index in [1.165, 1.54) is 5.56 Å². The minimum Gasteiger partial charge on any atom is -0.501 e. The number of allylic oxidation sites excluding steroid dienone is 1. The zero-order valence-electron chi connectivity index (χ0n) is 15.5. The number of hydrogen-bond acceptors (Lipinski definition) is 6. The van der Waals surface area contributed by atoms with Gasteiger partial charge in [-0.2, -0.15) is 0 Å². The molecule has 1 fully saturated rings. The maximum Gasteiger partial charge on any atom is 0.231 e. The van der Waals surface area contributed by atoms with Crippen LogP contribution in [0, 0.1) is 0 Å². The van der Waals surface area contributed by atoms with Crippen molar-refractivity contribution in [2.75, 3.05) is 34.1 Å². The molecule has 1 aliphatic carbocycles. The molecule has 3 heterocycles. The molecule has 6 nitrogen and oxygen atoms in total. The highest BCUT2D eigenvalue weighted by atomic mass is 16.7. The standard InChI is InChI=1S/C20H25NO5/c1-4-23-19-13-8-15-16(25-11-24-15)9-14(13)20-6-5-12(22-3)7-17(20)21(2)10-18(20)26-19/h5,8-9,17-19H,4,6-7,10-11H2,1-3H3. The lowest BCUT2D eigenvalue weighted by molar-refractivity contribution is -0.194. The van der Waals surface area contributed by atoms with E-state index in [9.17, 15) is 0 Å². The van der Waals surface area contributed by atoms with Crippen LogP contribution in [0.5, 0.6) is 11.5 Å². The molecule has 0 amide bonds. The number of likely N-dealkylation sites (N-methyl/N-ethyl adjacent to an activating group) is 1. The van der Waals surface area contributed by atoms with Gasteiger partial charge in [0.1, 0.15) is 0 Å². The molecule has 4 aliphatic rings. The van der Waals surface area contributed by atoms with Gasteiger partial charge in [-0.15, -0.1) is 0 Å². The summed E-state index contributed by atoms with van der Waals surface area (Å²) in [7, 11) is 3.93. The first kappa shape index (κ1) is 16.4. The van der Waals surface area contributed by atoms with Gasteiger partial charge in [0, 0.05) is 36.6 Å². The van der Waals surface area contributed by atoms with E-state index in [4.69, 9.17) is 23.7 Å². The van der Waals surface area contributed by atoms with Crippen molar-refractivity contribution in [1.29, 1.82) is 0 Å². The van der Waals surface area contributed by atoms with Crippen LogP contribution in [0.15, 0.2) is 24.0 Å². The van der Waals surface area contributed by atoms with Crippen molar-refractivity contribution in [1.82, 2.24) is 4.90 Å². The van der Waals surface area contributed by atoms with Gasteiger partial charge in [0.05, 0.1) is 19.0 Å². The van der Waals surface area contributed by atoms with Gasteiger partial charge in [-0.3, -0.25) is 4.90 Å². The number of ether oxygens (including phenoxy) is 5. The van der Waals surface area contributed by atoms with Gasteiger partial charge < -0.3 is 23.7 Å². The van der Waals surface area contributed by atoms with E-state index >= 15 is 0 Å². The van der Waals surface area contributed by atoms with E-state index in [0.29, 0.717) is 12.6 Å². The van der Waals surface area contributed by atoms with Gasteiger partial charge in [0.2, 0.25) is 6.79 Å². The molecule has 5 rings (SSSR count). The summed E-state index contributed by atoms with van der Waals surface area (Å²) in [6, 6.07) is 4.54. The first-order chi connectivity index (χ1) is 12.7. The maximum atomic E-state index is 6.51. The molecule has 6 heteroatoms. The van der Waals surface area contributed by atoms with Crippen molar-refractivity contribution in [3.8, 4) is 11.5 Å². The van der Waals surface area contributed by atoms with Crippen LogP contribution in [0.1, 0.15) is 37.2 Å². The molecule has 1 aromatic carbocycles. The lowest BCUT2D eigenvalue weighted by Gasteiger charge is -2.48. The molecule has 140 valence electrons. The summed E-state index contributed by atoms with van der Waals surface area (Å²) in [5.41, 5.74) is 2.24. The zero-order chi connectivity index (χ0) is 17.9. The van der Waals surface area contributed by atoms with E-state index in [0.717, 1.165) is 42.2 Å². The Morgan fingerprint density at radius 2 is 2.08 bits per heavy atom. The summed E-state index contributed by atoms with van der Waals surface area (Å²) in [4.78, 5) is 2.40. The monoisotopic (exact) mass is 359 g/mol.